The molecule has 0 unspecified atom stereocenters. The lowest BCUT2D eigenvalue weighted by Gasteiger charge is -2.07. The van der Waals surface area contributed by atoms with Gasteiger partial charge in [-0.25, -0.2) is 9.79 Å². The van der Waals surface area contributed by atoms with Gasteiger partial charge >= 0.3 is 0 Å². The van der Waals surface area contributed by atoms with Crippen LogP contribution in [0.1, 0.15) is 30.9 Å². The van der Waals surface area contributed by atoms with Gasteiger partial charge in [0.2, 0.25) is 6.08 Å². The van der Waals surface area contributed by atoms with E-state index in [9.17, 15) is 4.79 Å². The van der Waals surface area contributed by atoms with E-state index in [-0.39, 0.29) is 0 Å². The number of aliphatic imine (C=N–C) groups is 1. The summed E-state index contributed by atoms with van der Waals surface area (Å²) in [5.74, 6) is 0.424. The summed E-state index contributed by atoms with van der Waals surface area (Å²) in [7, 11) is 0. The molecule has 14 heavy (non-hydrogen) atoms. The van der Waals surface area contributed by atoms with Gasteiger partial charge in [0.25, 0.3) is 0 Å². The first-order chi connectivity index (χ1) is 6.63. The lowest BCUT2D eigenvalue weighted by atomic mass is 10.0. The average Bonchev–Trinajstić information content (AvgIpc) is 2.14. The van der Waals surface area contributed by atoms with Gasteiger partial charge in [-0.05, 0) is 29.2 Å². The largest absolute Gasteiger partial charge is 0.235 e. The van der Waals surface area contributed by atoms with E-state index >= 15 is 0 Å². The van der Waals surface area contributed by atoms with E-state index in [1.165, 1.54) is 6.08 Å². The minimum absolute atomic E-state index is 0.351. The lowest BCUT2D eigenvalue weighted by molar-refractivity contribution is 0.563. The molecular weight excluding hydrogens is 198 g/mol. The predicted octanol–water partition coefficient (Wildman–Crippen LogP) is 3.30. The molecule has 0 atom stereocenters. The Morgan fingerprint density at radius 2 is 2.14 bits per heavy atom. The molecule has 1 aromatic rings. The maximum absolute atomic E-state index is 9.96. The summed E-state index contributed by atoms with van der Waals surface area (Å²) < 4.78 is 0. The second-order valence-electron chi connectivity index (χ2n) is 3.46. The van der Waals surface area contributed by atoms with Crippen molar-refractivity contribution in [2.24, 2.45) is 4.99 Å². The molecule has 0 aliphatic rings. The van der Waals surface area contributed by atoms with E-state index in [2.05, 4.69) is 18.8 Å². The number of rotatable bonds is 3. The molecule has 0 spiro atoms. The Morgan fingerprint density at radius 1 is 1.43 bits per heavy atom. The normalized spacial score (nSPS) is 10.0. The molecular formula is C11H12ClNO. The highest BCUT2D eigenvalue weighted by atomic mass is 35.5. The monoisotopic (exact) mass is 209 g/mol. The Morgan fingerprint density at radius 3 is 2.71 bits per heavy atom. The first kappa shape index (κ1) is 11.0. The van der Waals surface area contributed by atoms with Crippen LogP contribution in [0.5, 0.6) is 0 Å². The van der Waals surface area contributed by atoms with Crippen LogP contribution >= 0.6 is 11.6 Å². The molecule has 0 fully saturated rings. The fourth-order valence-corrected chi connectivity index (χ4v) is 1.49. The summed E-state index contributed by atoms with van der Waals surface area (Å²) in [6.45, 7) is 4.54. The zero-order chi connectivity index (χ0) is 10.6. The molecule has 0 saturated carbocycles. The van der Waals surface area contributed by atoms with Crippen LogP contribution in [0, 0.1) is 0 Å². The Kier molecular flexibility index (Phi) is 3.87. The molecule has 0 radical (unpaired) electrons. The molecule has 74 valence electrons. The number of hydrogen-bond acceptors (Lipinski definition) is 2. The van der Waals surface area contributed by atoms with Crippen LogP contribution in [-0.4, -0.2) is 6.08 Å². The number of nitrogens with zero attached hydrogens (tertiary/aromatic N) is 1. The highest BCUT2D eigenvalue weighted by molar-refractivity contribution is 6.30. The second-order valence-corrected chi connectivity index (χ2v) is 3.89. The third-order valence-corrected chi connectivity index (χ3v) is 2.19. The Labute approximate surface area is 88.6 Å². The van der Waals surface area contributed by atoms with Gasteiger partial charge < -0.3 is 0 Å². The molecule has 0 aliphatic heterocycles. The highest BCUT2D eigenvalue weighted by Gasteiger charge is 2.02. The van der Waals surface area contributed by atoms with Gasteiger partial charge in [0, 0.05) is 5.02 Å². The van der Waals surface area contributed by atoms with Crippen molar-refractivity contribution < 1.29 is 4.79 Å². The summed E-state index contributed by atoms with van der Waals surface area (Å²) >= 11 is 5.93. The summed E-state index contributed by atoms with van der Waals surface area (Å²) in [4.78, 5) is 13.5. The molecule has 0 aromatic heterocycles. The van der Waals surface area contributed by atoms with E-state index in [0.717, 1.165) is 11.1 Å². The molecule has 0 amide bonds. The Balaban J connectivity index is 3.00. The summed E-state index contributed by atoms with van der Waals surface area (Å²) in [6, 6.07) is 5.76. The van der Waals surface area contributed by atoms with E-state index in [1.807, 2.05) is 18.2 Å². The Hall–Kier alpha value is -1.11. The average molecular weight is 210 g/mol. The maximum atomic E-state index is 9.96. The second kappa shape index (κ2) is 4.94. The van der Waals surface area contributed by atoms with E-state index in [4.69, 9.17) is 11.6 Å². The fraction of sp³-hybridized carbons (Fsp3) is 0.364. The first-order valence-electron chi connectivity index (χ1n) is 4.46. The van der Waals surface area contributed by atoms with E-state index < -0.39 is 0 Å². The van der Waals surface area contributed by atoms with Crippen molar-refractivity contribution in [1.29, 1.82) is 0 Å². The van der Waals surface area contributed by atoms with Gasteiger partial charge in [-0.3, -0.25) is 0 Å². The Bertz CT molecular complexity index is 368. The number of halogens is 1. The van der Waals surface area contributed by atoms with Crippen LogP contribution < -0.4 is 0 Å². The van der Waals surface area contributed by atoms with Gasteiger partial charge in [0.1, 0.15) is 0 Å². The van der Waals surface area contributed by atoms with Crippen molar-refractivity contribution in [2.45, 2.75) is 26.3 Å². The number of carbonyl (C=O) groups excluding carboxylic acids is 1. The van der Waals surface area contributed by atoms with Crippen molar-refractivity contribution >= 4 is 17.7 Å². The van der Waals surface area contributed by atoms with Gasteiger partial charge in [0.05, 0.1) is 6.54 Å². The third kappa shape index (κ3) is 2.99. The lowest BCUT2D eigenvalue weighted by Crippen LogP contribution is -1.90. The first-order valence-corrected chi connectivity index (χ1v) is 4.84. The quantitative estimate of drug-likeness (QED) is 0.555. The molecule has 2 nitrogen and oxygen atoms in total. The zero-order valence-electron chi connectivity index (χ0n) is 8.25. The minimum Gasteiger partial charge on any atom is -0.211 e. The van der Waals surface area contributed by atoms with Crippen molar-refractivity contribution in [3.63, 3.8) is 0 Å². The molecule has 0 aliphatic carbocycles. The van der Waals surface area contributed by atoms with Crippen molar-refractivity contribution in [1.82, 2.24) is 0 Å². The van der Waals surface area contributed by atoms with Crippen LogP contribution in [0.4, 0.5) is 0 Å². The summed E-state index contributed by atoms with van der Waals surface area (Å²) in [5.41, 5.74) is 2.11. The minimum atomic E-state index is 0.351. The summed E-state index contributed by atoms with van der Waals surface area (Å²) in [5, 5.41) is 0.687. The number of benzene rings is 1. The van der Waals surface area contributed by atoms with Crippen molar-refractivity contribution in [2.75, 3.05) is 0 Å². The van der Waals surface area contributed by atoms with Crippen LogP contribution in [-0.2, 0) is 11.3 Å². The number of hydrogen-bond donors (Lipinski definition) is 0. The van der Waals surface area contributed by atoms with E-state index in [0.29, 0.717) is 17.5 Å². The van der Waals surface area contributed by atoms with Crippen molar-refractivity contribution in [3.05, 3.63) is 34.3 Å². The van der Waals surface area contributed by atoms with Crippen molar-refractivity contribution in [3.8, 4) is 0 Å². The molecule has 1 rings (SSSR count). The molecule has 0 bridgehead atoms. The van der Waals surface area contributed by atoms with Crippen LogP contribution in [0.3, 0.4) is 0 Å². The highest BCUT2D eigenvalue weighted by Crippen LogP contribution is 2.21. The summed E-state index contributed by atoms with van der Waals surface area (Å²) in [6.07, 6.45) is 1.52. The van der Waals surface area contributed by atoms with Gasteiger partial charge in [0.15, 0.2) is 0 Å². The van der Waals surface area contributed by atoms with Gasteiger partial charge in [-0.2, -0.15) is 0 Å². The predicted molar refractivity (Wildman–Crippen MR) is 57.4 cm³/mol. The maximum Gasteiger partial charge on any atom is 0.235 e. The van der Waals surface area contributed by atoms with Gasteiger partial charge in [-0.15, -0.1) is 0 Å². The van der Waals surface area contributed by atoms with E-state index in [1.54, 1.807) is 0 Å². The van der Waals surface area contributed by atoms with Crippen LogP contribution in [0.25, 0.3) is 0 Å². The number of isocyanates is 1. The SMILES string of the molecule is CC(C)c1cc(Cl)cc(CN=C=O)c1. The molecule has 0 heterocycles. The molecule has 3 heteroatoms. The zero-order valence-corrected chi connectivity index (χ0v) is 9.01. The standard InChI is InChI=1S/C11H12ClNO/c1-8(2)10-3-9(6-13-7-14)4-11(12)5-10/h3-5,8H,6H2,1-2H3. The molecule has 0 saturated heterocycles. The molecule has 0 N–H and O–H groups in total. The van der Waals surface area contributed by atoms with Crippen LogP contribution in [0.15, 0.2) is 23.2 Å². The molecule has 1 aromatic carbocycles. The smallest absolute Gasteiger partial charge is 0.211 e. The fourth-order valence-electron chi connectivity index (χ4n) is 1.22. The third-order valence-electron chi connectivity index (χ3n) is 1.97. The van der Waals surface area contributed by atoms with Gasteiger partial charge in [-0.1, -0.05) is 31.5 Å². The van der Waals surface area contributed by atoms with Crippen LogP contribution in [0.2, 0.25) is 5.02 Å². The topological polar surface area (TPSA) is 29.4 Å².